The van der Waals surface area contributed by atoms with Gasteiger partial charge in [-0.2, -0.15) is 0 Å². The van der Waals surface area contributed by atoms with Gasteiger partial charge in [-0.1, -0.05) is 26.8 Å². The normalized spacial score (nSPS) is 42.3. The molecule has 4 bridgehead atoms. The number of carbonyl (C=O) groups is 1. The molecule has 7 aliphatic rings. The van der Waals surface area contributed by atoms with Crippen molar-refractivity contribution in [3.8, 4) is 11.5 Å². The number of rotatable bonds is 3. The van der Waals surface area contributed by atoms with Crippen LogP contribution in [0, 0.1) is 22.7 Å². The molecule has 0 unspecified atom stereocenters. The SMILES string of the molecule is CO[C@]12CC[C@@]3(C[C@@H]1[C@](C)(O)C(C)(C)C)[C@H]1Cc4ccc(O)c5c4[C@@]3(CCN1C(=O)C1CC1)[C@H]2O5. The summed E-state index contributed by atoms with van der Waals surface area (Å²) < 4.78 is 13.4. The molecule has 2 spiro atoms. The average Bonchev–Trinajstić information content (AvgIpc) is 3.59. The van der Waals surface area contributed by atoms with Crippen molar-refractivity contribution < 1.29 is 24.5 Å². The molecule has 1 saturated heterocycles. The molecule has 1 amide bonds. The molecule has 2 heterocycles. The van der Waals surface area contributed by atoms with E-state index in [1.165, 1.54) is 11.1 Å². The lowest BCUT2D eigenvalue weighted by atomic mass is 9.33. The Morgan fingerprint density at radius 1 is 1.17 bits per heavy atom. The number of fused-ring (bicyclic) bond motifs is 2. The van der Waals surface area contributed by atoms with Crippen molar-refractivity contribution in [2.45, 2.75) is 101 Å². The van der Waals surface area contributed by atoms with E-state index >= 15 is 0 Å². The number of benzene rings is 1. The molecule has 1 aromatic rings. The van der Waals surface area contributed by atoms with Gasteiger partial charge in [-0.3, -0.25) is 4.79 Å². The summed E-state index contributed by atoms with van der Waals surface area (Å²) in [4.78, 5) is 15.8. The molecule has 8 rings (SSSR count). The Balaban J connectivity index is 1.49. The molecule has 6 heteroatoms. The summed E-state index contributed by atoms with van der Waals surface area (Å²) in [6.45, 7) is 9.01. The van der Waals surface area contributed by atoms with Crippen LogP contribution in [0.1, 0.15) is 77.3 Å². The van der Waals surface area contributed by atoms with Gasteiger partial charge in [-0.25, -0.2) is 0 Å². The van der Waals surface area contributed by atoms with Crippen LogP contribution >= 0.6 is 0 Å². The Bertz CT molecular complexity index is 1130. The van der Waals surface area contributed by atoms with Gasteiger partial charge in [0, 0.05) is 47.9 Å². The zero-order valence-electron chi connectivity index (χ0n) is 21.7. The van der Waals surface area contributed by atoms with E-state index in [1.807, 2.05) is 6.92 Å². The van der Waals surface area contributed by atoms with Crippen LogP contribution in [0.3, 0.4) is 0 Å². The van der Waals surface area contributed by atoms with E-state index in [2.05, 4.69) is 31.7 Å². The highest BCUT2D eigenvalue weighted by Gasteiger charge is 2.82. The highest BCUT2D eigenvalue weighted by Crippen LogP contribution is 2.78. The maximum absolute atomic E-state index is 13.6. The summed E-state index contributed by atoms with van der Waals surface area (Å²) in [6, 6.07) is 3.90. The number of hydrogen-bond donors (Lipinski definition) is 2. The standard InChI is InChI=1S/C29H39NO5/c1-25(2,3)26(4,33)19-15-27-10-11-29(19,34-5)24-28(27)12-13-30(23(32)16-6-7-16)20(27)14-17-8-9-18(31)22(35-24)21(17)28/h8-9,16,19-20,24,31,33H,6-7,10-15H2,1-5H3/t19-,20-,24-,26+,27-,28+,29-/m1/s1. The van der Waals surface area contributed by atoms with Crippen LogP contribution in [-0.4, -0.2) is 58.0 Å². The summed E-state index contributed by atoms with van der Waals surface area (Å²) in [7, 11) is 1.78. The lowest BCUT2D eigenvalue weighted by Gasteiger charge is -2.75. The Hall–Kier alpha value is -1.79. The van der Waals surface area contributed by atoms with Crippen LogP contribution in [0.4, 0.5) is 0 Å². The fourth-order valence-electron chi connectivity index (χ4n) is 9.46. The number of phenols is 1. The molecule has 0 radical (unpaired) electrons. The molecule has 1 aromatic carbocycles. The number of nitrogens with zero attached hydrogens (tertiary/aromatic N) is 1. The second-order valence-electron chi connectivity index (χ2n) is 13.7. The van der Waals surface area contributed by atoms with Gasteiger partial charge in [0.25, 0.3) is 0 Å². The number of piperidine rings is 1. The van der Waals surface area contributed by atoms with E-state index in [-0.39, 0.29) is 46.0 Å². The van der Waals surface area contributed by atoms with Gasteiger partial charge in [0.15, 0.2) is 11.5 Å². The highest BCUT2D eigenvalue weighted by molar-refractivity contribution is 5.82. The fourth-order valence-corrected chi connectivity index (χ4v) is 9.46. The minimum absolute atomic E-state index is 0.0897. The molecule has 7 atom stereocenters. The van der Waals surface area contributed by atoms with Crippen molar-refractivity contribution in [1.82, 2.24) is 4.90 Å². The molecule has 0 aromatic heterocycles. The van der Waals surface area contributed by atoms with Crippen LogP contribution in [0.2, 0.25) is 0 Å². The van der Waals surface area contributed by atoms with Gasteiger partial charge >= 0.3 is 0 Å². The van der Waals surface area contributed by atoms with Crippen molar-refractivity contribution in [1.29, 1.82) is 0 Å². The summed E-state index contributed by atoms with van der Waals surface area (Å²) in [6.07, 6.45) is 5.89. The van der Waals surface area contributed by atoms with Gasteiger partial charge in [0.2, 0.25) is 5.91 Å². The monoisotopic (exact) mass is 481 g/mol. The number of aromatic hydroxyl groups is 1. The fraction of sp³-hybridized carbons (Fsp3) is 0.759. The largest absolute Gasteiger partial charge is 0.504 e. The lowest BCUT2D eigenvalue weighted by molar-refractivity contribution is -0.311. The zero-order valence-corrected chi connectivity index (χ0v) is 21.7. The molecule has 190 valence electrons. The maximum atomic E-state index is 13.6. The third kappa shape index (κ3) is 2.29. The van der Waals surface area contributed by atoms with E-state index in [4.69, 9.17) is 9.47 Å². The van der Waals surface area contributed by atoms with E-state index in [9.17, 15) is 15.0 Å². The Morgan fingerprint density at radius 3 is 2.57 bits per heavy atom. The second-order valence-corrected chi connectivity index (χ2v) is 13.7. The third-order valence-corrected chi connectivity index (χ3v) is 11.8. The molecule has 5 aliphatic carbocycles. The Labute approximate surface area is 208 Å². The predicted molar refractivity (Wildman–Crippen MR) is 130 cm³/mol. The quantitative estimate of drug-likeness (QED) is 0.684. The van der Waals surface area contributed by atoms with E-state index in [0.29, 0.717) is 11.7 Å². The Morgan fingerprint density at radius 2 is 1.91 bits per heavy atom. The summed E-state index contributed by atoms with van der Waals surface area (Å²) in [5.41, 5.74) is -0.152. The van der Waals surface area contributed by atoms with Crippen molar-refractivity contribution in [3.05, 3.63) is 23.3 Å². The molecule has 5 fully saturated rings. The van der Waals surface area contributed by atoms with Crippen LogP contribution in [0.5, 0.6) is 11.5 Å². The van der Waals surface area contributed by atoms with Crippen LogP contribution in [-0.2, 0) is 21.4 Å². The minimum atomic E-state index is -1.00. The van der Waals surface area contributed by atoms with Gasteiger partial charge in [0.05, 0.1) is 5.60 Å². The first-order valence-electron chi connectivity index (χ1n) is 13.5. The molecular formula is C29H39NO5. The third-order valence-electron chi connectivity index (χ3n) is 11.8. The molecule has 2 N–H and O–H groups in total. The first-order valence-corrected chi connectivity index (χ1v) is 13.5. The number of phenolic OH excluding ortho intramolecular Hbond substituents is 1. The number of carbonyl (C=O) groups excluding carboxylic acids is 1. The summed E-state index contributed by atoms with van der Waals surface area (Å²) >= 11 is 0. The van der Waals surface area contributed by atoms with E-state index in [0.717, 1.165) is 51.5 Å². The molecular weight excluding hydrogens is 442 g/mol. The number of likely N-dealkylation sites (tertiary alicyclic amines) is 1. The van der Waals surface area contributed by atoms with Crippen LogP contribution in [0.25, 0.3) is 0 Å². The minimum Gasteiger partial charge on any atom is -0.504 e. The number of aliphatic hydroxyl groups is 1. The van der Waals surface area contributed by atoms with E-state index < -0.39 is 11.2 Å². The number of amides is 1. The maximum Gasteiger partial charge on any atom is 0.225 e. The van der Waals surface area contributed by atoms with Gasteiger partial charge in [0.1, 0.15) is 11.7 Å². The zero-order chi connectivity index (χ0) is 24.8. The highest BCUT2D eigenvalue weighted by atomic mass is 16.6. The van der Waals surface area contributed by atoms with Crippen LogP contribution in [0.15, 0.2) is 12.1 Å². The van der Waals surface area contributed by atoms with Gasteiger partial charge in [-0.05, 0) is 68.9 Å². The van der Waals surface area contributed by atoms with Crippen LogP contribution < -0.4 is 4.74 Å². The second kappa shape index (κ2) is 6.36. The summed E-state index contributed by atoms with van der Waals surface area (Å²) in [5, 5.41) is 23.1. The van der Waals surface area contributed by atoms with E-state index in [1.54, 1.807) is 13.2 Å². The predicted octanol–water partition coefficient (Wildman–Crippen LogP) is 3.94. The van der Waals surface area contributed by atoms with Gasteiger partial charge in [-0.15, -0.1) is 0 Å². The first-order chi connectivity index (χ1) is 16.4. The average molecular weight is 482 g/mol. The molecule has 35 heavy (non-hydrogen) atoms. The topological polar surface area (TPSA) is 79.2 Å². The molecule has 6 nitrogen and oxygen atoms in total. The van der Waals surface area contributed by atoms with Crippen molar-refractivity contribution in [3.63, 3.8) is 0 Å². The van der Waals surface area contributed by atoms with Crippen molar-refractivity contribution in [2.75, 3.05) is 13.7 Å². The van der Waals surface area contributed by atoms with Crippen molar-refractivity contribution in [2.24, 2.45) is 22.7 Å². The van der Waals surface area contributed by atoms with Crippen molar-refractivity contribution >= 4 is 5.91 Å². The number of hydrogen-bond acceptors (Lipinski definition) is 5. The lowest BCUT2D eigenvalue weighted by Crippen LogP contribution is -2.83. The number of methoxy groups -OCH3 is 1. The molecule has 2 aliphatic heterocycles. The van der Waals surface area contributed by atoms with Gasteiger partial charge < -0.3 is 24.6 Å². The molecule has 4 saturated carbocycles. The smallest absolute Gasteiger partial charge is 0.225 e. The Kier molecular flexibility index (Phi) is 4.08. The number of ether oxygens (including phenoxy) is 2. The first kappa shape index (κ1) is 22.4. The summed E-state index contributed by atoms with van der Waals surface area (Å²) in [5.74, 6) is 1.18.